The Bertz CT molecular complexity index is 455. The second kappa shape index (κ2) is 3.45. The Morgan fingerprint density at radius 1 is 1.43 bits per heavy atom. The molecule has 2 rings (SSSR count). The first-order chi connectivity index (χ1) is 6.72. The molecule has 74 valence electrons. The second-order valence-corrected chi connectivity index (χ2v) is 3.70. The lowest BCUT2D eigenvalue weighted by molar-refractivity contribution is 0.151. The smallest absolute Gasteiger partial charge is 0.289 e. The van der Waals surface area contributed by atoms with Crippen molar-refractivity contribution in [2.24, 2.45) is 0 Å². The van der Waals surface area contributed by atoms with Crippen molar-refractivity contribution in [2.45, 2.75) is 6.43 Å². The van der Waals surface area contributed by atoms with E-state index in [1.165, 1.54) is 0 Å². The third kappa shape index (κ3) is 1.41. The van der Waals surface area contributed by atoms with Crippen LogP contribution in [0.25, 0.3) is 10.2 Å². The lowest BCUT2D eigenvalue weighted by atomic mass is 10.4. The molecule has 0 aliphatic rings. The van der Waals surface area contributed by atoms with Crippen molar-refractivity contribution in [1.82, 2.24) is 9.97 Å². The van der Waals surface area contributed by atoms with Crippen LogP contribution in [-0.4, -0.2) is 17.0 Å². The molecule has 0 aliphatic carbocycles. The molecule has 14 heavy (non-hydrogen) atoms. The van der Waals surface area contributed by atoms with E-state index in [1.54, 1.807) is 19.4 Å². The lowest BCUT2D eigenvalue weighted by Crippen LogP contribution is -1.90. The number of alkyl halides is 2. The SMILES string of the molecule is CNc1cncc2sc(C(F)F)nc12. The minimum atomic E-state index is -2.52. The Balaban J connectivity index is 2.64. The summed E-state index contributed by atoms with van der Waals surface area (Å²) in [5.41, 5.74) is 1.23. The van der Waals surface area contributed by atoms with Crippen LogP contribution in [0.2, 0.25) is 0 Å². The predicted molar refractivity (Wildman–Crippen MR) is 51.9 cm³/mol. The molecule has 2 heterocycles. The third-order valence-corrected chi connectivity index (χ3v) is 2.77. The molecule has 0 saturated carbocycles. The fourth-order valence-corrected chi connectivity index (χ4v) is 1.96. The fraction of sp³-hybridized carbons (Fsp3) is 0.250. The summed E-state index contributed by atoms with van der Waals surface area (Å²) < 4.78 is 25.4. The summed E-state index contributed by atoms with van der Waals surface area (Å²) in [5.74, 6) is 0. The minimum Gasteiger partial charge on any atom is -0.385 e. The second-order valence-electron chi connectivity index (χ2n) is 2.64. The number of halogens is 2. The maximum absolute atomic E-state index is 12.3. The van der Waals surface area contributed by atoms with E-state index in [0.717, 1.165) is 11.3 Å². The molecule has 0 aliphatic heterocycles. The summed E-state index contributed by atoms with van der Waals surface area (Å²) in [5, 5.41) is 2.70. The summed E-state index contributed by atoms with van der Waals surface area (Å²) in [6.45, 7) is 0. The molecule has 0 fully saturated rings. The first kappa shape index (κ1) is 9.26. The van der Waals surface area contributed by atoms with Crippen LogP contribution >= 0.6 is 11.3 Å². The number of rotatable bonds is 2. The van der Waals surface area contributed by atoms with Gasteiger partial charge in [0.25, 0.3) is 6.43 Å². The van der Waals surface area contributed by atoms with Crippen LogP contribution in [0.5, 0.6) is 0 Å². The molecule has 0 aromatic carbocycles. The molecular weight excluding hydrogens is 208 g/mol. The van der Waals surface area contributed by atoms with Crippen LogP contribution in [0.1, 0.15) is 11.4 Å². The summed E-state index contributed by atoms with van der Waals surface area (Å²) >= 11 is 0.971. The molecule has 0 saturated heterocycles. The highest BCUT2D eigenvalue weighted by Crippen LogP contribution is 2.31. The number of hydrogen-bond donors (Lipinski definition) is 1. The van der Waals surface area contributed by atoms with Gasteiger partial charge in [0.2, 0.25) is 0 Å². The molecule has 3 nitrogen and oxygen atoms in total. The van der Waals surface area contributed by atoms with Crippen molar-refractivity contribution >= 4 is 27.2 Å². The molecule has 0 radical (unpaired) electrons. The van der Waals surface area contributed by atoms with Crippen molar-refractivity contribution in [3.8, 4) is 0 Å². The van der Waals surface area contributed by atoms with Gasteiger partial charge in [0.05, 0.1) is 16.6 Å². The van der Waals surface area contributed by atoms with E-state index in [9.17, 15) is 8.78 Å². The van der Waals surface area contributed by atoms with Crippen LogP contribution in [0.15, 0.2) is 12.4 Å². The Kier molecular flexibility index (Phi) is 2.28. The summed E-state index contributed by atoms with van der Waals surface area (Å²) in [7, 11) is 1.71. The number of fused-ring (bicyclic) bond motifs is 1. The van der Waals surface area contributed by atoms with Crippen LogP contribution in [0.3, 0.4) is 0 Å². The highest BCUT2D eigenvalue weighted by molar-refractivity contribution is 7.18. The number of aromatic nitrogens is 2. The van der Waals surface area contributed by atoms with Crippen molar-refractivity contribution in [2.75, 3.05) is 12.4 Å². The maximum Gasteiger partial charge on any atom is 0.289 e. The van der Waals surface area contributed by atoms with E-state index in [0.29, 0.717) is 15.9 Å². The molecule has 0 bridgehead atoms. The molecule has 0 amide bonds. The first-order valence-corrected chi connectivity index (χ1v) is 4.74. The van der Waals surface area contributed by atoms with Crippen molar-refractivity contribution in [1.29, 1.82) is 0 Å². The zero-order valence-electron chi connectivity index (χ0n) is 7.29. The van der Waals surface area contributed by atoms with Gasteiger partial charge in [-0.25, -0.2) is 13.8 Å². The van der Waals surface area contributed by atoms with Crippen molar-refractivity contribution < 1.29 is 8.78 Å². The molecule has 6 heteroatoms. The Morgan fingerprint density at radius 2 is 2.21 bits per heavy atom. The number of nitrogens with zero attached hydrogens (tertiary/aromatic N) is 2. The van der Waals surface area contributed by atoms with E-state index in [1.807, 2.05) is 0 Å². The monoisotopic (exact) mass is 215 g/mol. The quantitative estimate of drug-likeness (QED) is 0.836. The number of nitrogens with one attached hydrogen (secondary N) is 1. The highest BCUT2D eigenvalue weighted by atomic mass is 32.1. The number of thiazole rings is 1. The van der Waals surface area contributed by atoms with Crippen LogP contribution in [-0.2, 0) is 0 Å². The molecule has 0 spiro atoms. The van der Waals surface area contributed by atoms with E-state index >= 15 is 0 Å². The van der Waals surface area contributed by atoms with Gasteiger partial charge in [-0.3, -0.25) is 4.98 Å². The average molecular weight is 215 g/mol. The maximum atomic E-state index is 12.3. The molecule has 0 unspecified atom stereocenters. The normalized spacial score (nSPS) is 11.1. The molecule has 2 aromatic heterocycles. The number of pyridine rings is 1. The van der Waals surface area contributed by atoms with E-state index in [2.05, 4.69) is 15.3 Å². The molecular formula is C8H7F2N3S. The molecule has 0 atom stereocenters. The van der Waals surface area contributed by atoms with Crippen LogP contribution in [0.4, 0.5) is 14.5 Å². The van der Waals surface area contributed by atoms with Crippen molar-refractivity contribution in [3.63, 3.8) is 0 Å². The topological polar surface area (TPSA) is 37.8 Å². The predicted octanol–water partition coefficient (Wildman–Crippen LogP) is 2.67. The summed E-state index contributed by atoms with van der Waals surface area (Å²) in [6, 6.07) is 0. The Morgan fingerprint density at radius 3 is 2.86 bits per heavy atom. The van der Waals surface area contributed by atoms with Gasteiger partial charge in [0.15, 0.2) is 5.01 Å². The zero-order chi connectivity index (χ0) is 10.1. The third-order valence-electron chi connectivity index (χ3n) is 1.78. The highest BCUT2D eigenvalue weighted by Gasteiger charge is 2.14. The van der Waals surface area contributed by atoms with Crippen LogP contribution in [0, 0.1) is 0 Å². The van der Waals surface area contributed by atoms with Crippen molar-refractivity contribution in [3.05, 3.63) is 17.4 Å². The van der Waals surface area contributed by atoms with Crippen LogP contribution < -0.4 is 5.32 Å². The van der Waals surface area contributed by atoms with E-state index in [4.69, 9.17) is 0 Å². The van der Waals surface area contributed by atoms with E-state index in [-0.39, 0.29) is 5.01 Å². The average Bonchev–Trinajstić information content (AvgIpc) is 2.60. The van der Waals surface area contributed by atoms with Gasteiger partial charge in [0.1, 0.15) is 5.52 Å². The zero-order valence-corrected chi connectivity index (χ0v) is 8.11. The summed E-state index contributed by atoms with van der Waals surface area (Å²) in [6.07, 6.45) is 0.592. The van der Waals surface area contributed by atoms with Gasteiger partial charge in [-0.15, -0.1) is 11.3 Å². The van der Waals surface area contributed by atoms with Gasteiger partial charge < -0.3 is 5.32 Å². The Hall–Kier alpha value is -1.30. The summed E-state index contributed by atoms with van der Waals surface area (Å²) in [4.78, 5) is 7.77. The molecule has 1 N–H and O–H groups in total. The Labute approximate surface area is 82.8 Å². The van der Waals surface area contributed by atoms with Gasteiger partial charge in [-0.2, -0.15) is 0 Å². The lowest BCUT2D eigenvalue weighted by Gasteiger charge is -1.97. The number of hydrogen-bond acceptors (Lipinski definition) is 4. The molecule has 2 aromatic rings. The van der Waals surface area contributed by atoms with Gasteiger partial charge in [-0.05, 0) is 0 Å². The van der Waals surface area contributed by atoms with Gasteiger partial charge in [-0.1, -0.05) is 0 Å². The standard InChI is InChI=1S/C8H7F2N3S/c1-11-4-2-12-3-5-6(4)13-8(14-5)7(9)10/h2-3,7,11H,1H3. The number of anilines is 1. The first-order valence-electron chi connectivity index (χ1n) is 3.92. The minimum absolute atomic E-state index is 0.162. The van der Waals surface area contributed by atoms with Gasteiger partial charge >= 0.3 is 0 Å². The fourth-order valence-electron chi connectivity index (χ4n) is 1.15. The van der Waals surface area contributed by atoms with E-state index < -0.39 is 6.43 Å². The van der Waals surface area contributed by atoms with Gasteiger partial charge in [0, 0.05) is 13.2 Å². The largest absolute Gasteiger partial charge is 0.385 e.